The summed E-state index contributed by atoms with van der Waals surface area (Å²) >= 11 is 1.66. The number of methoxy groups -OCH3 is 3. The van der Waals surface area contributed by atoms with Crippen molar-refractivity contribution in [2.75, 3.05) is 47.6 Å². The molecule has 0 saturated carbocycles. The third kappa shape index (κ3) is 9.62. The Kier molecular flexibility index (Phi) is 14.2. The largest absolute Gasteiger partial charge is 0.493 e. The van der Waals surface area contributed by atoms with Crippen LogP contribution in [-0.2, 0) is 27.3 Å². The number of hydrogen-bond acceptors (Lipinski definition) is 6. The number of unbranched alkanes of at least 4 members (excludes halogenated alkanes) is 1. The van der Waals surface area contributed by atoms with Crippen molar-refractivity contribution in [1.82, 2.24) is 9.80 Å². The first-order valence-corrected chi connectivity index (χ1v) is 14.6. The van der Waals surface area contributed by atoms with Gasteiger partial charge in [-0.25, -0.2) is 0 Å². The van der Waals surface area contributed by atoms with Crippen molar-refractivity contribution in [3.63, 3.8) is 0 Å². The van der Waals surface area contributed by atoms with E-state index in [1.54, 1.807) is 37.6 Å². The zero-order valence-electron chi connectivity index (χ0n) is 24.1. The van der Waals surface area contributed by atoms with Crippen LogP contribution < -0.4 is 9.47 Å². The van der Waals surface area contributed by atoms with Crippen LogP contribution in [0, 0.1) is 12.8 Å². The Morgan fingerprint density at radius 1 is 0.974 bits per heavy atom. The number of amides is 2. The van der Waals surface area contributed by atoms with Gasteiger partial charge in [0.1, 0.15) is 0 Å². The van der Waals surface area contributed by atoms with Crippen molar-refractivity contribution in [3.05, 3.63) is 45.6 Å². The van der Waals surface area contributed by atoms with Gasteiger partial charge in [-0.1, -0.05) is 32.8 Å². The monoisotopic (exact) mass is 546 g/mol. The second kappa shape index (κ2) is 17.1. The van der Waals surface area contributed by atoms with Crippen molar-refractivity contribution in [3.8, 4) is 11.5 Å². The van der Waals surface area contributed by atoms with Crippen molar-refractivity contribution in [2.45, 2.75) is 65.8 Å². The zero-order chi connectivity index (χ0) is 27.9. The third-order valence-corrected chi connectivity index (χ3v) is 7.94. The zero-order valence-corrected chi connectivity index (χ0v) is 24.9. The highest BCUT2D eigenvalue weighted by Gasteiger charge is 2.26. The molecule has 0 saturated heterocycles. The first kappa shape index (κ1) is 31.6. The minimum atomic E-state index is -0.0509. The normalized spacial score (nSPS) is 11.7. The molecule has 0 radical (unpaired) electrons. The van der Waals surface area contributed by atoms with Crippen molar-refractivity contribution < 1.29 is 23.8 Å². The van der Waals surface area contributed by atoms with Gasteiger partial charge in [-0.05, 0) is 67.3 Å². The van der Waals surface area contributed by atoms with E-state index in [0.717, 1.165) is 36.1 Å². The molecule has 0 aliphatic rings. The van der Waals surface area contributed by atoms with Crippen LogP contribution in [0.15, 0.2) is 29.6 Å². The summed E-state index contributed by atoms with van der Waals surface area (Å²) in [7, 11) is 4.90. The van der Waals surface area contributed by atoms with Gasteiger partial charge < -0.3 is 24.0 Å². The molecule has 0 N–H and O–H groups in total. The van der Waals surface area contributed by atoms with Gasteiger partial charge in [0.2, 0.25) is 11.8 Å². The Balaban J connectivity index is 2.23. The van der Waals surface area contributed by atoms with Gasteiger partial charge in [-0.3, -0.25) is 9.59 Å². The molecule has 1 atom stereocenters. The summed E-state index contributed by atoms with van der Waals surface area (Å²) in [5.74, 6) is 1.35. The fourth-order valence-corrected chi connectivity index (χ4v) is 5.39. The van der Waals surface area contributed by atoms with E-state index in [4.69, 9.17) is 14.2 Å². The quantitative estimate of drug-likeness (QED) is 0.224. The van der Waals surface area contributed by atoms with Crippen LogP contribution in [0.25, 0.3) is 0 Å². The predicted octanol–water partition coefficient (Wildman–Crippen LogP) is 5.73. The van der Waals surface area contributed by atoms with Crippen LogP contribution in [-0.4, -0.2) is 69.2 Å². The Bertz CT molecular complexity index is 993. The number of carbonyl (C=O) groups is 2. The average Bonchev–Trinajstić information content (AvgIpc) is 3.34. The Hall–Kier alpha value is -2.58. The van der Waals surface area contributed by atoms with E-state index in [2.05, 4.69) is 32.2 Å². The molecule has 0 fully saturated rings. The minimum Gasteiger partial charge on any atom is -0.493 e. The predicted molar refractivity (Wildman–Crippen MR) is 154 cm³/mol. The van der Waals surface area contributed by atoms with Gasteiger partial charge in [0.05, 0.1) is 27.3 Å². The van der Waals surface area contributed by atoms with Crippen molar-refractivity contribution >= 4 is 23.2 Å². The molecule has 0 aliphatic heterocycles. The van der Waals surface area contributed by atoms with Crippen LogP contribution in [0.2, 0.25) is 0 Å². The van der Waals surface area contributed by atoms with Gasteiger partial charge in [-0.15, -0.1) is 11.3 Å². The molecule has 1 aromatic carbocycles. The first-order valence-electron chi connectivity index (χ1n) is 13.7. The summed E-state index contributed by atoms with van der Waals surface area (Å²) < 4.78 is 16.1. The lowest BCUT2D eigenvalue weighted by molar-refractivity contribution is -0.143. The molecule has 2 aromatic rings. The molecule has 0 aliphatic carbocycles. The molecule has 2 amide bonds. The maximum Gasteiger partial charge on any atom is 0.242 e. The van der Waals surface area contributed by atoms with Crippen molar-refractivity contribution in [2.24, 2.45) is 5.92 Å². The van der Waals surface area contributed by atoms with Crippen LogP contribution >= 0.6 is 11.3 Å². The minimum absolute atomic E-state index is 0.0330. The number of hydrogen-bond donors (Lipinski definition) is 0. The summed E-state index contributed by atoms with van der Waals surface area (Å²) in [5, 5.41) is 2.06. The number of aryl methyl sites for hydroxylation is 1. The van der Waals surface area contributed by atoms with Crippen LogP contribution in [0.1, 0.15) is 62.0 Å². The van der Waals surface area contributed by atoms with Gasteiger partial charge in [0.25, 0.3) is 0 Å². The number of thiophene rings is 1. The highest BCUT2D eigenvalue weighted by atomic mass is 32.1. The molecule has 7 nitrogen and oxygen atoms in total. The van der Waals surface area contributed by atoms with Gasteiger partial charge in [0, 0.05) is 37.6 Å². The summed E-state index contributed by atoms with van der Waals surface area (Å²) in [6.45, 7) is 8.50. The first-order chi connectivity index (χ1) is 18.4. The summed E-state index contributed by atoms with van der Waals surface area (Å²) in [6.07, 6.45) is 5.08. The van der Waals surface area contributed by atoms with Crippen LogP contribution in [0.5, 0.6) is 11.5 Å². The third-order valence-electron chi connectivity index (χ3n) is 6.94. The number of benzene rings is 1. The molecule has 0 bridgehead atoms. The average molecular weight is 547 g/mol. The Morgan fingerprint density at radius 3 is 2.34 bits per heavy atom. The molecule has 0 unspecified atom stereocenters. The molecule has 8 heteroatoms. The molecule has 2 rings (SSSR count). The van der Waals surface area contributed by atoms with E-state index in [9.17, 15) is 9.59 Å². The van der Waals surface area contributed by atoms with E-state index in [1.165, 1.54) is 5.56 Å². The fraction of sp³-hybridized carbons (Fsp3) is 0.600. The topological polar surface area (TPSA) is 68.3 Å². The highest BCUT2D eigenvalue weighted by molar-refractivity contribution is 7.10. The van der Waals surface area contributed by atoms with E-state index in [-0.39, 0.29) is 24.3 Å². The van der Waals surface area contributed by atoms with Gasteiger partial charge in [-0.2, -0.15) is 0 Å². The molecule has 212 valence electrons. The molecule has 0 spiro atoms. The van der Waals surface area contributed by atoms with Gasteiger partial charge >= 0.3 is 0 Å². The number of rotatable bonds is 18. The van der Waals surface area contributed by atoms with E-state index in [1.807, 2.05) is 23.1 Å². The lowest BCUT2D eigenvalue weighted by Crippen LogP contribution is -2.45. The highest BCUT2D eigenvalue weighted by Crippen LogP contribution is 2.28. The Morgan fingerprint density at radius 2 is 1.74 bits per heavy atom. The molecule has 1 aromatic heterocycles. The summed E-state index contributed by atoms with van der Waals surface area (Å²) in [5.41, 5.74) is 2.24. The lowest BCUT2D eigenvalue weighted by Gasteiger charge is -2.30. The number of carbonyl (C=O) groups excluding carboxylic acids is 2. The summed E-state index contributed by atoms with van der Waals surface area (Å²) in [6, 6.07) is 7.93. The second-order valence-corrected chi connectivity index (χ2v) is 10.6. The number of ether oxygens (including phenoxy) is 3. The summed E-state index contributed by atoms with van der Waals surface area (Å²) in [4.78, 5) is 32.1. The van der Waals surface area contributed by atoms with E-state index in [0.29, 0.717) is 50.6 Å². The van der Waals surface area contributed by atoms with E-state index >= 15 is 0 Å². The lowest BCUT2D eigenvalue weighted by atomic mass is 9.97. The van der Waals surface area contributed by atoms with Crippen molar-refractivity contribution in [1.29, 1.82) is 0 Å². The smallest absolute Gasteiger partial charge is 0.242 e. The maximum absolute atomic E-state index is 13.8. The van der Waals surface area contributed by atoms with E-state index < -0.39 is 0 Å². The fourth-order valence-electron chi connectivity index (χ4n) is 4.47. The van der Waals surface area contributed by atoms with Gasteiger partial charge in [0.15, 0.2) is 11.5 Å². The standard InChI is InChI=1S/C30H46N2O5S/c1-7-9-11-25(8-2)30(34)32(16-10-18-35-4)22-29(33)31(21-28-23(3)15-19-38-28)17-14-24-12-13-26(36-5)27(20-24)37-6/h12-13,15,19-20,25H,7-11,14,16-18,21-22H2,1-6H3/t25-/m0/s1. The molecule has 38 heavy (non-hydrogen) atoms. The van der Waals surface area contributed by atoms with Crippen LogP contribution in [0.4, 0.5) is 0 Å². The molecular formula is C30H46N2O5S. The second-order valence-electron chi connectivity index (χ2n) is 9.63. The maximum atomic E-state index is 13.8. The SMILES string of the molecule is CCCC[C@H](CC)C(=O)N(CCCOC)CC(=O)N(CCc1ccc(OC)c(OC)c1)Cc1sccc1C. The molecule has 1 heterocycles. The number of nitrogens with zero attached hydrogens (tertiary/aromatic N) is 2. The molecular weight excluding hydrogens is 500 g/mol. The Labute approximate surface area is 233 Å². The van der Waals surface area contributed by atoms with Crippen LogP contribution in [0.3, 0.4) is 0 Å².